The Morgan fingerprint density at radius 2 is 2.07 bits per heavy atom. The van der Waals surface area contributed by atoms with Gasteiger partial charge in [-0.05, 0) is 26.7 Å². The number of hydrogen-bond acceptors (Lipinski definition) is 3. The lowest BCUT2D eigenvalue weighted by atomic mass is 10.0. The van der Waals surface area contributed by atoms with E-state index >= 15 is 0 Å². The van der Waals surface area contributed by atoms with E-state index in [9.17, 15) is 4.79 Å². The predicted octanol–water partition coefficient (Wildman–Crippen LogP) is 1.59. The lowest BCUT2D eigenvalue weighted by Gasteiger charge is -2.24. The van der Waals surface area contributed by atoms with Crippen LogP contribution < -0.4 is 5.73 Å². The largest absolute Gasteiger partial charge is 0.444 e. The van der Waals surface area contributed by atoms with Crippen molar-refractivity contribution in [3.8, 4) is 0 Å². The maximum absolute atomic E-state index is 11.7. The third-order valence-corrected chi connectivity index (χ3v) is 2.67. The molecule has 0 radical (unpaired) electrons. The highest BCUT2D eigenvalue weighted by atomic mass is 16.6. The normalized spacial score (nSPS) is 26.9. The van der Waals surface area contributed by atoms with Crippen molar-refractivity contribution in [2.24, 2.45) is 11.7 Å². The predicted molar refractivity (Wildman–Crippen MR) is 59.6 cm³/mol. The molecule has 1 fully saturated rings. The molecule has 0 saturated carbocycles. The lowest BCUT2D eigenvalue weighted by Crippen LogP contribution is -2.36. The van der Waals surface area contributed by atoms with Crippen molar-refractivity contribution in [3.05, 3.63) is 0 Å². The molecule has 1 amide bonds. The van der Waals surface area contributed by atoms with Gasteiger partial charge in [0, 0.05) is 19.1 Å². The number of nitrogens with two attached hydrogens (primary N) is 1. The first-order chi connectivity index (χ1) is 6.83. The molecule has 15 heavy (non-hydrogen) atoms. The molecule has 0 aromatic heterocycles. The first kappa shape index (κ1) is 12.3. The molecule has 0 aliphatic carbocycles. The summed E-state index contributed by atoms with van der Waals surface area (Å²) in [6.07, 6.45) is 0.773. The van der Waals surface area contributed by atoms with Crippen LogP contribution in [-0.4, -0.2) is 35.7 Å². The Bertz CT molecular complexity index is 235. The zero-order valence-corrected chi connectivity index (χ0v) is 10.1. The van der Waals surface area contributed by atoms with Crippen LogP contribution in [0.3, 0.4) is 0 Å². The quantitative estimate of drug-likeness (QED) is 0.721. The maximum atomic E-state index is 11.7. The Morgan fingerprint density at radius 1 is 1.47 bits per heavy atom. The van der Waals surface area contributed by atoms with E-state index in [0.29, 0.717) is 12.5 Å². The van der Waals surface area contributed by atoms with E-state index in [1.165, 1.54) is 0 Å². The molecule has 2 N–H and O–H groups in total. The van der Waals surface area contributed by atoms with Crippen molar-refractivity contribution in [1.29, 1.82) is 0 Å². The van der Waals surface area contributed by atoms with Crippen molar-refractivity contribution >= 4 is 6.09 Å². The minimum atomic E-state index is -0.425. The molecule has 1 aliphatic heterocycles. The van der Waals surface area contributed by atoms with Crippen molar-refractivity contribution in [2.45, 2.75) is 45.8 Å². The Labute approximate surface area is 91.8 Å². The summed E-state index contributed by atoms with van der Waals surface area (Å²) in [5.41, 5.74) is 5.51. The SMILES string of the molecule is CC[C@@H]1CN(C(=O)OC(C)(C)C)C[C@H]1N. The number of likely N-dealkylation sites (tertiary alicyclic amines) is 1. The Morgan fingerprint density at radius 3 is 2.47 bits per heavy atom. The lowest BCUT2D eigenvalue weighted by molar-refractivity contribution is 0.0286. The minimum absolute atomic E-state index is 0.0996. The molecular formula is C11H22N2O2. The summed E-state index contributed by atoms with van der Waals surface area (Å²) in [4.78, 5) is 13.4. The molecule has 88 valence electrons. The van der Waals surface area contributed by atoms with Gasteiger partial charge in [0.2, 0.25) is 0 Å². The molecule has 1 aliphatic rings. The fourth-order valence-corrected chi connectivity index (χ4v) is 1.80. The Kier molecular flexibility index (Phi) is 3.60. The molecule has 2 atom stereocenters. The summed E-state index contributed by atoms with van der Waals surface area (Å²) in [6.45, 7) is 9.07. The summed E-state index contributed by atoms with van der Waals surface area (Å²) in [5, 5.41) is 0. The van der Waals surface area contributed by atoms with Crippen molar-refractivity contribution in [3.63, 3.8) is 0 Å². The number of ether oxygens (including phenoxy) is 1. The monoisotopic (exact) mass is 214 g/mol. The molecule has 1 rings (SSSR count). The summed E-state index contributed by atoms with van der Waals surface area (Å²) in [6, 6.07) is 0.0996. The fourth-order valence-electron chi connectivity index (χ4n) is 1.80. The van der Waals surface area contributed by atoms with Gasteiger partial charge in [0.1, 0.15) is 5.60 Å². The van der Waals surface area contributed by atoms with Crippen LogP contribution in [0.1, 0.15) is 34.1 Å². The van der Waals surface area contributed by atoms with Gasteiger partial charge >= 0.3 is 6.09 Å². The molecule has 0 aromatic rings. The molecule has 1 saturated heterocycles. The van der Waals surface area contributed by atoms with Crippen LogP contribution in [0.5, 0.6) is 0 Å². The molecular weight excluding hydrogens is 192 g/mol. The highest BCUT2D eigenvalue weighted by Gasteiger charge is 2.33. The number of nitrogens with zero attached hydrogens (tertiary/aromatic N) is 1. The van der Waals surface area contributed by atoms with E-state index in [2.05, 4.69) is 6.92 Å². The second-order valence-corrected chi connectivity index (χ2v) is 5.22. The highest BCUT2D eigenvalue weighted by Crippen LogP contribution is 2.20. The van der Waals surface area contributed by atoms with Gasteiger partial charge in [-0.2, -0.15) is 0 Å². The number of rotatable bonds is 1. The second-order valence-electron chi connectivity index (χ2n) is 5.22. The van der Waals surface area contributed by atoms with E-state index in [1.807, 2.05) is 20.8 Å². The van der Waals surface area contributed by atoms with Gasteiger partial charge in [0.25, 0.3) is 0 Å². The van der Waals surface area contributed by atoms with E-state index in [1.54, 1.807) is 4.90 Å². The van der Waals surface area contributed by atoms with Crippen LogP contribution in [0.4, 0.5) is 4.79 Å². The molecule has 0 spiro atoms. The number of amides is 1. The molecule has 0 unspecified atom stereocenters. The van der Waals surface area contributed by atoms with Crippen LogP contribution in [0, 0.1) is 5.92 Å². The average Bonchev–Trinajstić information content (AvgIpc) is 2.43. The van der Waals surface area contributed by atoms with Crippen molar-refractivity contribution in [2.75, 3.05) is 13.1 Å². The maximum Gasteiger partial charge on any atom is 0.410 e. The number of hydrogen-bond donors (Lipinski definition) is 1. The Hall–Kier alpha value is -0.770. The van der Waals surface area contributed by atoms with Crippen LogP contribution >= 0.6 is 0 Å². The van der Waals surface area contributed by atoms with E-state index in [-0.39, 0.29) is 12.1 Å². The smallest absolute Gasteiger partial charge is 0.410 e. The molecule has 4 heteroatoms. The molecule has 0 bridgehead atoms. The van der Waals surface area contributed by atoms with Gasteiger partial charge < -0.3 is 15.4 Å². The average molecular weight is 214 g/mol. The van der Waals surface area contributed by atoms with Gasteiger partial charge in [-0.15, -0.1) is 0 Å². The van der Waals surface area contributed by atoms with Crippen molar-refractivity contribution in [1.82, 2.24) is 4.90 Å². The first-order valence-corrected chi connectivity index (χ1v) is 5.57. The van der Waals surface area contributed by atoms with Gasteiger partial charge in [-0.3, -0.25) is 0 Å². The van der Waals surface area contributed by atoms with Gasteiger partial charge in [0.05, 0.1) is 0 Å². The third-order valence-electron chi connectivity index (χ3n) is 2.67. The van der Waals surface area contributed by atoms with Gasteiger partial charge in [-0.1, -0.05) is 13.3 Å². The fraction of sp³-hybridized carbons (Fsp3) is 0.909. The van der Waals surface area contributed by atoms with Crippen LogP contribution in [0.2, 0.25) is 0 Å². The summed E-state index contributed by atoms with van der Waals surface area (Å²) >= 11 is 0. The Balaban J connectivity index is 2.50. The molecule has 1 heterocycles. The van der Waals surface area contributed by atoms with Crippen LogP contribution in [-0.2, 0) is 4.74 Å². The second kappa shape index (κ2) is 4.39. The van der Waals surface area contributed by atoms with Crippen LogP contribution in [0.15, 0.2) is 0 Å². The zero-order chi connectivity index (χ0) is 11.6. The van der Waals surface area contributed by atoms with E-state index < -0.39 is 5.60 Å². The third kappa shape index (κ3) is 3.38. The first-order valence-electron chi connectivity index (χ1n) is 5.57. The summed E-state index contributed by atoms with van der Waals surface area (Å²) < 4.78 is 5.29. The summed E-state index contributed by atoms with van der Waals surface area (Å²) in [5.74, 6) is 0.414. The summed E-state index contributed by atoms with van der Waals surface area (Å²) in [7, 11) is 0. The highest BCUT2D eigenvalue weighted by molar-refractivity contribution is 5.68. The van der Waals surface area contributed by atoms with Crippen LogP contribution in [0.25, 0.3) is 0 Å². The standard InChI is InChI=1S/C11H22N2O2/c1-5-8-6-13(7-9(8)12)10(14)15-11(2,3)4/h8-9H,5-7,12H2,1-4H3/t8-,9-/m1/s1. The minimum Gasteiger partial charge on any atom is -0.444 e. The number of carbonyl (C=O) groups is 1. The number of carbonyl (C=O) groups excluding carboxylic acids is 1. The van der Waals surface area contributed by atoms with E-state index in [0.717, 1.165) is 13.0 Å². The molecule has 0 aromatic carbocycles. The van der Waals surface area contributed by atoms with Crippen molar-refractivity contribution < 1.29 is 9.53 Å². The zero-order valence-electron chi connectivity index (χ0n) is 10.1. The topological polar surface area (TPSA) is 55.6 Å². The molecule has 4 nitrogen and oxygen atoms in total. The van der Waals surface area contributed by atoms with E-state index in [4.69, 9.17) is 10.5 Å². The van der Waals surface area contributed by atoms with Gasteiger partial charge in [0.15, 0.2) is 0 Å². The van der Waals surface area contributed by atoms with Gasteiger partial charge in [-0.25, -0.2) is 4.79 Å².